The number of carbonyl (C=O) groups excluding carboxylic acids is 1. The molecular formula is C28H25ClN2O2. The molecule has 1 N–H and O–H groups in total. The first-order valence-electron chi connectivity index (χ1n) is 10.8. The lowest BCUT2D eigenvalue weighted by molar-refractivity contribution is -0.117. The molecule has 4 nitrogen and oxygen atoms in total. The monoisotopic (exact) mass is 456 g/mol. The van der Waals surface area contributed by atoms with E-state index in [1.54, 1.807) is 4.90 Å². The number of benzene rings is 4. The predicted molar refractivity (Wildman–Crippen MR) is 135 cm³/mol. The van der Waals surface area contributed by atoms with Crippen molar-refractivity contribution in [2.45, 2.75) is 5.92 Å². The third kappa shape index (κ3) is 4.77. The molecule has 0 saturated heterocycles. The second-order valence-electron chi connectivity index (χ2n) is 7.77. The van der Waals surface area contributed by atoms with E-state index in [0.29, 0.717) is 18.0 Å². The molecule has 1 aliphatic heterocycles. The summed E-state index contributed by atoms with van der Waals surface area (Å²) in [5.41, 5.74) is 3.97. The molecule has 0 unspecified atom stereocenters. The number of nitrogens with one attached hydrogen (secondary N) is 1. The lowest BCUT2D eigenvalue weighted by Crippen LogP contribution is -2.38. The van der Waals surface area contributed by atoms with Gasteiger partial charge in [-0.2, -0.15) is 0 Å². The summed E-state index contributed by atoms with van der Waals surface area (Å²) < 4.78 is 6.00. The van der Waals surface area contributed by atoms with Gasteiger partial charge in [-0.25, -0.2) is 0 Å². The lowest BCUT2D eigenvalue weighted by atomic mass is 9.91. The minimum atomic E-state index is -0.0203. The molecule has 1 amide bonds. The van der Waals surface area contributed by atoms with Crippen LogP contribution in [0.3, 0.4) is 0 Å². The van der Waals surface area contributed by atoms with Gasteiger partial charge in [0.25, 0.3) is 0 Å². The molecule has 0 aromatic heterocycles. The van der Waals surface area contributed by atoms with Gasteiger partial charge in [-0.15, -0.1) is 12.4 Å². The number of fused-ring (bicyclic) bond motifs is 2. The quantitative estimate of drug-likeness (QED) is 0.370. The fourth-order valence-electron chi connectivity index (χ4n) is 4.17. The SMILES string of the molecule is Cl.O=C(CNCC(c1ccccc1)c1ccccc1)N1c2ccccc2Oc2ccccc21. The van der Waals surface area contributed by atoms with Gasteiger partial charge in [0, 0.05) is 12.5 Å². The average molecular weight is 457 g/mol. The molecule has 1 heterocycles. The first-order valence-corrected chi connectivity index (χ1v) is 10.8. The Bertz CT molecular complexity index is 1130. The number of ether oxygens (including phenoxy) is 1. The van der Waals surface area contributed by atoms with Gasteiger partial charge < -0.3 is 10.1 Å². The van der Waals surface area contributed by atoms with Crippen molar-refractivity contribution in [3.05, 3.63) is 120 Å². The zero-order valence-corrected chi connectivity index (χ0v) is 18.9. The normalized spacial score (nSPS) is 11.7. The van der Waals surface area contributed by atoms with Crippen LogP contribution in [0.15, 0.2) is 109 Å². The Morgan fingerprint density at radius 2 is 1.15 bits per heavy atom. The van der Waals surface area contributed by atoms with Crippen LogP contribution >= 0.6 is 12.4 Å². The van der Waals surface area contributed by atoms with E-state index in [9.17, 15) is 4.79 Å². The van der Waals surface area contributed by atoms with Gasteiger partial charge in [-0.05, 0) is 35.4 Å². The average Bonchev–Trinajstić information content (AvgIpc) is 2.86. The van der Waals surface area contributed by atoms with E-state index in [1.807, 2.05) is 60.7 Å². The predicted octanol–water partition coefficient (Wildman–Crippen LogP) is 6.30. The third-order valence-electron chi connectivity index (χ3n) is 5.71. The molecule has 4 aromatic rings. The fraction of sp³-hybridized carbons (Fsp3) is 0.107. The molecule has 0 bridgehead atoms. The minimum absolute atomic E-state index is 0. The van der Waals surface area contributed by atoms with Crippen molar-refractivity contribution in [1.29, 1.82) is 0 Å². The molecule has 0 saturated carbocycles. The van der Waals surface area contributed by atoms with Crippen molar-refractivity contribution in [1.82, 2.24) is 5.32 Å². The summed E-state index contributed by atoms with van der Waals surface area (Å²) in [4.78, 5) is 15.1. The second-order valence-corrected chi connectivity index (χ2v) is 7.77. The van der Waals surface area contributed by atoms with E-state index in [-0.39, 0.29) is 30.8 Å². The Morgan fingerprint density at radius 1 is 0.697 bits per heavy atom. The summed E-state index contributed by atoms with van der Waals surface area (Å²) in [6, 6.07) is 36.1. The number of carbonyl (C=O) groups is 1. The summed E-state index contributed by atoms with van der Waals surface area (Å²) in [5.74, 6) is 1.51. The number of hydrogen-bond donors (Lipinski definition) is 1. The molecular weight excluding hydrogens is 432 g/mol. The molecule has 0 aliphatic carbocycles. The molecule has 5 heteroatoms. The fourth-order valence-corrected chi connectivity index (χ4v) is 4.17. The molecule has 0 spiro atoms. The van der Waals surface area contributed by atoms with Crippen LogP contribution in [0.1, 0.15) is 17.0 Å². The number of amides is 1. The number of para-hydroxylation sites is 4. The van der Waals surface area contributed by atoms with Crippen LogP contribution in [0, 0.1) is 0 Å². The van der Waals surface area contributed by atoms with Gasteiger partial charge in [-0.1, -0.05) is 84.9 Å². The summed E-state index contributed by atoms with van der Waals surface area (Å²) in [5, 5.41) is 3.41. The standard InChI is InChI=1S/C28H24N2O2.ClH/c31-28(30-24-15-7-9-17-26(24)32-27-18-10-8-16-25(27)30)20-29-19-23(21-11-3-1-4-12-21)22-13-5-2-6-14-22;/h1-18,23,29H,19-20H2;1H. The van der Waals surface area contributed by atoms with E-state index in [1.165, 1.54) is 11.1 Å². The van der Waals surface area contributed by atoms with Gasteiger partial charge in [-0.3, -0.25) is 9.69 Å². The number of rotatable bonds is 6. The third-order valence-corrected chi connectivity index (χ3v) is 5.71. The van der Waals surface area contributed by atoms with Crippen LogP contribution in [0.5, 0.6) is 11.5 Å². The van der Waals surface area contributed by atoms with Gasteiger partial charge in [0.2, 0.25) is 5.91 Å². The van der Waals surface area contributed by atoms with Crippen molar-refractivity contribution in [3.8, 4) is 11.5 Å². The second kappa shape index (κ2) is 10.3. The Labute approximate surface area is 200 Å². The summed E-state index contributed by atoms with van der Waals surface area (Å²) in [7, 11) is 0. The maximum atomic E-state index is 13.4. The van der Waals surface area contributed by atoms with Crippen molar-refractivity contribution in [3.63, 3.8) is 0 Å². The van der Waals surface area contributed by atoms with Crippen LogP contribution < -0.4 is 15.0 Å². The zero-order chi connectivity index (χ0) is 21.8. The van der Waals surface area contributed by atoms with Crippen LogP contribution in [0.2, 0.25) is 0 Å². The van der Waals surface area contributed by atoms with Gasteiger partial charge in [0.05, 0.1) is 17.9 Å². The van der Waals surface area contributed by atoms with Gasteiger partial charge >= 0.3 is 0 Å². The van der Waals surface area contributed by atoms with E-state index in [4.69, 9.17) is 4.74 Å². The van der Waals surface area contributed by atoms with Crippen molar-refractivity contribution < 1.29 is 9.53 Å². The van der Waals surface area contributed by atoms with E-state index < -0.39 is 0 Å². The first-order chi connectivity index (χ1) is 15.8. The van der Waals surface area contributed by atoms with Crippen LogP contribution in [0.4, 0.5) is 11.4 Å². The largest absolute Gasteiger partial charge is 0.453 e. The van der Waals surface area contributed by atoms with Crippen molar-refractivity contribution in [2.24, 2.45) is 0 Å². The smallest absolute Gasteiger partial charge is 0.245 e. The van der Waals surface area contributed by atoms with Crippen LogP contribution in [-0.2, 0) is 4.79 Å². The number of halogens is 1. The highest BCUT2D eigenvalue weighted by Crippen LogP contribution is 2.46. The molecule has 0 atom stereocenters. The molecule has 5 rings (SSSR count). The topological polar surface area (TPSA) is 41.6 Å². The van der Waals surface area contributed by atoms with Gasteiger partial charge in [0.15, 0.2) is 11.5 Å². The maximum absolute atomic E-state index is 13.4. The van der Waals surface area contributed by atoms with Crippen LogP contribution in [0.25, 0.3) is 0 Å². The van der Waals surface area contributed by atoms with Crippen molar-refractivity contribution in [2.75, 3.05) is 18.0 Å². The lowest BCUT2D eigenvalue weighted by Gasteiger charge is -2.31. The van der Waals surface area contributed by atoms with Crippen LogP contribution in [-0.4, -0.2) is 19.0 Å². The minimum Gasteiger partial charge on any atom is -0.453 e. The Balaban J connectivity index is 0.00000259. The number of anilines is 2. The summed E-state index contributed by atoms with van der Waals surface area (Å²) >= 11 is 0. The molecule has 0 fully saturated rings. The summed E-state index contributed by atoms with van der Waals surface area (Å²) in [6.45, 7) is 0.881. The highest BCUT2D eigenvalue weighted by molar-refractivity contribution is 6.05. The zero-order valence-electron chi connectivity index (χ0n) is 18.1. The Hall–Kier alpha value is -3.60. The number of nitrogens with zero attached hydrogens (tertiary/aromatic N) is 1. The Morgan fingerprint density at radius 3 is 1.67 bits per heavy atom. The first kappa shape index (κ1) is 22.6. The van der Waals surface area contributed by atoms with E-state index in [2.05, 4.69) is 53.8 Å². The molecule has 4 aromatic carbocycles. The van der Waals surface area contributed by atoms with Gasteiger partial charge in [0.1, 0.15) is 0 Å². The number of hydrogen-bond acceptors (Lipinski definition) is 3. The molecule has 166 valence electrons. The molecule has 1 aliphatic rings. The van der Waals surface area contributed by atoms with E-state index >= 15 is 0 Å². The highest BCUT2D eigenvalue weighted by Gasteiger charge is 2.28. The maximum Gasteiger partial charge on any atom is 0.245 e. The molecule has 33 heavy (non-hydrogen) atoms. The Kier molecular flexibility index (Phi) is 7.08. The van der Waals surface area contributed by atoms with Crippen molar-refractivity contribution >= 4 is 29.7 Å². The van der Waals surface area contributed by atoms with E-state index in [0.717, 1.165) is 11.4 Å². The summed E-state index contributed by atoms with van der Waals surface area (Å²) in [6.07, 6.45) is 0. The highest BCUT2D eigenvalue weighted by atomic mass is 35.5. The molecule has 0 radical (unpaired) electrons.